The van der Waals surface area contributed by atoms with Crippen LogP contribution in [0.25, 0.3) is 22.6 Å². The molecular weight excluding hydrogens is 260 g/mol. The zero-order chi connectivity index (χ0) is 13.4. The molecule has 96 valence electrons. The van der Waals surface area contributed by atoms with Crippen molar-refractivity contribution in [3.63, 3.8) is 0 Å². The first kappa shape index (κ1) is 12.0. The zero-order valence-corrected chi connectivity index (χ0v) is 11.2. The van der Waals surface area contributed by atoms with Gasteiger partial charge in [-0.25, -0.2) is 4.98 Å². The Morgan fingerprint density at radius 2 is 2.16 bits per heavy atom. The smallest absolute Gasteiger partial charge is 0.161 e. The van der Waals surface area contributed by atoms with Crippen LogP contribution >= 0.6 is 11.6 Å². The summed E-state index contributed by atoms with van der Waals surface area (Å²) in [5.41, 5.74) is 9.21. The van der Waals surface area contributed by atoms with Gasteiger partial charge in [-0.2, -0.15) is 0 Å². The van der Waals surface area contributed by atoms with Crippen molar-refractivity contribution in [2.75, 3.05) is 5.73 Å². The van der Waals surface area contributed by atoms with E-state index in [-0.39, 0.29) is 0 Å². The molecule has 0 fully saturated rings. The SMILES string of the molecule is CCn1c(-c2ncccc2N)nc2cc(Cl)ccc21. The maximum absolute atomic E-state index is 6.01. The number of anilines is 1. The minimum atomic E-state index is 0.624. The lowest BCUT2D eigenvalue weighted by atomic mass is 10.3. The van der Waals surface area contributed by atoms with E-state index in [0.717, 1.165) is 23.4 Å². The molecule has 0 spiro atoms. The summed E-state index contributed by atoms with van der Waals surface area (Å²) in [6.45, 7) is 2.86. The van der Waals surface area contributed by atoms with Gasteiger partial charge in [-0.1, -0.05) is 11.6 Å². The molecular formula is C14H13ClN4. The van der Waals surface area contributed by atoms with Crippen LogP contribution in [-0.4, -0.2) is 14.5 Å². The first-order valence-electron chi connectivity index (χ1n) is 6.07. The minimum Gasteiger partial charge on any atom is -0.397 e. The number of nitrogens with zero attached hydrogens (tertiary/aromatic N) is 3. The Morgan fingerprint density at radius 3 is 2.89 bits per heavy atom. The average molecular weight is 273 g/mol. The lowest BCUT2D eigenvalue weighted by molar-refractivity contribution is 0.793. The zero-order valence-electron chi connectivity index (χ0n) is 10.5. The molecule has 3 rings (SSSR count). The van der Waals surface area contributed by atoms with Gasteiger partial charge in [-0.05, 0) is 37.3 Å². The van der Waals surface area contributed by atoms with Crippen molar-refractivity contribution in [2.24, 2.45) is 0 Å². The normalized spacial score (nSPS) is 11.1. The molecule has 19 heavy (non-hydrogen) atoms. The number of hydrogen-bond acceptors (Lipinski definition) is 3. The second-order valence-electron chi connectivity index (χ2n) is 4.25. The Kier molecular flexibility index (Phi) is 2.87. The lowest BCUT2D eigenvalue weighted by Gasteiger charge is -2.07. The van der Waals surface area contributed by atoms with Crippen molar-refractivity contribution in [3.8, 4) is 11.5 Å². The van der Waals surface area contributed by atoms with Crippen LogP contribution in [0.5, 0.6) is 0 Å². The second-order valence-corrected chi connectivity index (χ2v) is 4.69. The number of halogens is 1. The van der Waals surface area contributed by atoms with E-state index in [2.05, 4.69) is 21.5 Å². The van der Waals surface area contributed by atoms with Gasteiger partial charge in [-0.3, -0.25) is 4.98 Å². The summed E-state index contributed by atoms with van der Waals surface area (Å²) in [5, 5.41) is 0.675. The van der Waals surface area contributed by atoms with Crippen LogP contribution in [0.1, 0.15) is 6.92 Å². The molecule has 0 atom stereocenters. The number of rotatable bonds is 2. The molecule has 0 saturated carbocycles. The fraction of sp³-hybridized carbons (Fsp3) is 0.143. The molecule has 0 unspecified atom stereocenters. The predicted molar refractivity (Wildman–Crippen MR) is 78.1 cm³/mol. The molecule has 0 amide bonds. The van der Waals surface area contributed by atoms with Crippen molar-refractivity contribution in [1.29, 1.82) is 0 Å². The summed E-state index contributed by atoms with van der Waals surface area (Å²) >= 11 is 6.01. The van der Waals surface area contributed by atoms with Gasteiger partial charge in [0.05, 0.1) is 16.7 Å². The summed E-state index contributed by atoms with van der Waals surface area (Å²) in [6.07, 6.45) is 1.72. The summed E-state index contributed by atoms with van der Waals surface area (Å²) in [7, 11) is 0. The van der Waals surface area contributed by atoms with Crippen LogP contribution in [-0.2, 0) is 6.54 Å². The number of aryl methyl sites for hydroxylation is 1. The topological polar surface area (TPSA) is 56.7 Å². The van der Waals surface area contributed by atoms with Crippen LogP contribution in [0.4, 0.5) is 5.69 Å². The second kappa shape index (κ2) is 4.55. The Hall–Kier alpha value is -2.07. The highest BCUT2D eigenvalue weighted by Gasteiger charge is 2.14. The highest BCUT2D eigenvalue weighted by atomic mass is 35.5. The van der Waals surface area contributed by atoms with Gasteiger partial charge in [0.1, 0.15) is 5.69 Å². The molecule has 4 nitrogen and oxygen atoms in total. The Balaban J connectivity index is 2.32. The van der Waals surface area contributed by atoms with E-state index < -0.39 is 0 Å². The molecule has 2 aromatic heterocycles. The Labute approximate surface area is 115 Å². The number of nitrogens with two attached hydrogens (primary N) is 1. The van der Waals surface area contributed by atoms with Crippen LogP contribution in [0.3, 0.4) is 0 Å². The third-order valence-electron chi connectivity index (χ3n) is 3.08. The summed E-state index contributed by atoms with van der Waals surface area (Å²) in [6, 6.07) is 9.33. The lowest BCUT2D eigenvalue weighted by Crippen LogP contribution is -2.01. The van der Waals surface area contributed by atoms with Gasteiger partial charge in [-0.15, -0.1) is 0 Å². The van der Waals surface area contributed by atoms with E-state index in [1.807, 2.05) is 30.3 Å². The predicted octanol–water partition coefficient (Wildman–Crippen LogP) is 3.35. The molecule has 0 bridgehead atoms. The van der Waals surface area contributed by atoms with Crippen LogP contribution in [0, 0.1) is 0 Å². The van der Waals surface area contributed by atoms with E-state index in [4.69, 9.17) is 17.3 Å². The van der Waals surface area contributed by atoms with E-state index in [9.17, 15) is 0 Å². The number of pyridine rings is 1. The fourth-order valence-electron chi connectivity index (χ4n) is 2.21. The van der Waals surface area contributed by atoms with Crippen LogP contribution in [0.2, 0.25) is 5.02 Å². The highest BCUT2D eigenvalue weighted by molar-refractivity contribution is 6.31. The third kappa shape index (κ3) is 1.94. The van der Waals surface area contributed by atoms with E-state index in [0.29, 0.717) is 16.4 Å². The highest BCUT2D eigenvalue weighted by Crippen LogP contribution is 2.28. The summed E-state index contributed by atoms with van der Waals surface area (Å²) in [4.78, 5) is 8.94. The van der Waals surface area contributed by atoms with Crippen molar-refractivity contribution >= 4 is 28.3 Å². The first-order chi connectivity index (χ1) is 9.20. The number of imidazole rings is 1. The van der Waals surface area contributed by atoms with Crippen LogP contribution in [0.15, 0.2) is 36.5 Å². The molecule has 3 aromatic rings. The number of nitrogen functional groups attached to an aromatic ring is 1. The monoisotopic (exact) mass is 272 g/mol. The molecule has 2 N–H and O–H groups in total. The summed E-state index contributed by atoms with van der Waals surface area (Å²) in [5.74, 6) is 0.776. The molecule has 2 heterocycles. The average Bonchev–Trinajstić information content (AvgIpc) is 2.76. The Bertz CT molecular complexity index is 748. The van der Waals surface area contributed by atoms with Gasteiger partial charge < -0.3 is 10.3 Å². The van der Waals surface area contributed by atoms with Crippen molar-refractivity contribution < 1.29 is 0 Å². The van der Waals surface area contributed by atoms with Gasteiger partial charge >= 0.3 is 0 Å². The fourth-order valence-corrected chi connectivity index (χ4v) is 2.37. The molecule has 5 heteroatoms. The van der Waals surface area contributed by atoms with Gasteiger partial charge in [0.2, 0.25) is 0 Å². The van der Waals surface area contributed by atoms with Gasteiger partial charge in [0.25, 0.3) is 0 Å². The Morgan fingerprint density at radius 1 is 1.32 bits per heavy atom. The van der Waals surface area contributed by atoms with E-state index in [1.54, 1.807) is 6.20 Å². The molecule has 1 aromatic carbocycles. The largest absolute Gasteiger partial charge is 0.397 e. The first-order valence-corrected chi connectivity index (χ1v) is 6.45. The standard InChI is InChI=1S/C14H13ClN4/c1-2-19-12-6-5-9(15)8-11(12)18-14(19)13-10(16)4-3-7-17-13/h3-8H,2,16H2,1H3. The number of hydrogen-bond donors (Lipinski definition) is 1. The molecule has 0 aliphatic carbocycles. The van der Waals surface area contributed by atoms with Gasteiger partial charge in [0.15, 0.2) is 5.82 Å². The maximum Gasteiger partial charge on any atom is 0.161 e. The molecule has 0 aliphatic rings. The number of fused-ring (bicyclic) bond motifs is 1. The number of aromatic nitrogens is 3. The van der Waals surface area contributed by atoms with Gasteiger partial charge in [0, 0.05) is 17.8 Å². The molecule has 0 saturated heterocycles. The summed E-state index contributed by atoms with van der Waals surface area (Å²) < 4.78 is 2.09. The van der Waals surface area contributed by atoms with E-state index >= 15 is 0 Å². The minimum absolute atomic E-state index is 0.624. The van der Waals surface area contributed by atoms with Crippen molar-refractivity contribution in [2.45, 2.75) is 13.5 Å². The van der Waals surface area contributed by atoms with Crippen LogP contribution < -0.4 is 5.73 Å². The van der Waals surface area contributed by atoms with E-state index in [1.165, 1.54) is 0 Å². The molecule has 0 aliphatic heterocycles. The third-order valence-corrected chi connectivity index (χ3v) is 3.31. The van der Waals surface area contributed by atoms with Crippen molar-refractivity contribution in [3.05, 3.63) is 41.6 Å². The molecule has 0 radical (unpaired) electrons. The number of benzene rings is 1. The van der Waals surface area contributed by atoms with Crippen molar-refractivity contribution in [1.82, 2.24) is 14.5 Å². The maximum atomic E-state index is 6.01. The quantitative estimate of drug-likeness (QED) is 0.778.